The minimum atomic E-state index is -0.0679. The largest absolute Gasteiger partial charge is 0.349 e. The maximum Gasteiger partial charge on any atom is 0.237 e. The molecule has 0 saturated carbocycles. The molecule has 1 aromatic heterocycles. The first-order valence-electron chi connectivity index (χ1n) is 6.35. The predicted molar refractivity (Wildman–Crippen MR) is 69.0 cm³/mol. The number of carbonyl (C=O) groups excluding carboxylic acids is 1. The smallest absolute Gasteiger partial charge is 0.237 e. The molecular weight excluding hydrogens is 230 g/mol. The van der Waals surface area contributed by atoms with Crippen molar-refractivity contribution in [1.82, 2.24) is 25.3 Å². The highest BCUT2D eigenvalue weighted by molar-refractivity contribution is 5.81. The van der Waals surface area contributed by atoms with Crippen molar-refractivity contribution < 1.29 is 4.79 Å². The molecule has 1 atom stereocenters. The number of carbonyl (C=O) groups is 1. The lowest BCUT2D eigenvalue weighted by Crippen LogP contribution is -2.52. The fourth-order valence-corrected chi connectivity index (χ4v) is 2.09. The van der Waals surface area contributed by atoms with Gasteiger partial charge in [0, 0.05) is 32.4 Å². The Balaban J connectivity index is 1.77. The number of amides is 1. The molecule has 0 radical (unpaired) electrons. The Morgan fingerprint density at radius 3 is 2.83 bits per heavy atom. The number of aromatic amines is 1. The van der Waals surface area contributed by atoms with E-state index in [0.29, 0.717) is 6.54 Å². The van der Waals surface area contributed by atoms with Crippen LogP contribution in [0.15, 0.2) is 12.3 Å². The van der Waals surface area contributed by atoms with Gasteiger partial charge in [0.05, 0.1) is 18.3 Å². The van der Waals surface area contributed by atoms with Crippen molar-refractivity contribution in [2.45, 2.75) is 19.5 Å². The van der Waals surface area contributed by atoms with E-state index in [-0.39, 0.29) is 11.9 Å². The highest BCUT2D eigenvalue weighted by Gasteiger charge is 2.23. The zero-order valence-electron chi connectivity index (χ0n) is 11.0. The summed E-state index contributed by atoms with van der Waals surface area (Å²) in [5.41, 5.74) is 0.925. The highest BCUT2D eigenvalue weighted by Crippen LogP contribution is 2.05. The first-order chi connectivity index (χ1) is 8.66. The molecule has 0 unspecified atom stereocenters. The molecule has 1 aromatic rings. The average molecular weight is 251 g/mol. The zero-order chi connectivity index (χ0) is 13.0. The molecular formula is C12H21N5O. The van der Waals surface area contributed by atoms with E-state index >= 15 is 0 Å². The molecule has 1 aliphatic heterocycles. The van der Waals surface area contributed by atoms with E-state index in [1.54, 1.807) is 6.20 Å². The molecule has 1 saturated heterocycles. The number of nitrogens with zero attached hydrogens (tertiary/aromatic N) is 3. The van der Waals surface area contributed by atoms with Gasteiger partial charge in [0.1, 0.15) is 0 Å². The topological polar surface area (TPSA) is 64.3 Å². The van der Waals surface area contributed by atoms with E-state index in [2.05, 4.69) is 32.4 Å². The fraction of sp³-hybridized carbons (Fsp3) is 0.667. The Hall–Kier alpha value is -1.40. The van der Waals surface area contributed by atoms with Crippen LogP contribution >= 0.6 is 0 Å². The molecule has 1 fully saturated rings. The third-order valence-corrected chi connectivity index (χ3v) is 3.48. The van der Waals surface area contributed by atoms with Crippen molar-refractivity contribution in [2.75, 3.05) is 33.2 Å². The fourth-order valence-electron chi connectivity index (χ4n) is 2.09. The van der Waals surface area contributed by atoms with Gasteiger partial charge in [-0.2, -0.15) is 5.10 Å². The van der Waals surface area contributed by atoms with Crippen LogP contribution in [0.4, 0.5) is 0 Å². The monoisotopic (exact) mass is 251 g/mol. The molecule has 6 heteroatoms. The van der Waals surface area contributed by atoms with Gasteiger partial charge in [0.25, 0.3) is 0 Å². The van der Waals surface area contributed by atoms with Crippen LogP contribution in [0, 0.1) is 0 Å². The second-order valence-electron chi connectivity index (χ2n) is 4.81. The number of nitrogens with one attached hydrogen (secondary N) is 2. The number of rotatable bonds is 4. The van der Waals surface area contributed by atoms with Gasteiger partial charge in [-0.25, -0.2) is 0 Å². The minimum Gasteiger partial charge on any atom is -0.349 e. The van der Waals surface area contributed by atoms with E-state index < -0.39 is 0 Å². The van der Waals surface area contributed by atoms with Crippen molar-refractivity contribution in [2.24, 2.45) is 0 Å². The molecule has 100 valence electrons. The molecule has 0 aromatic carbocycles. The summed E-state index contributed by atoms with van der Waals surface area (Å²) >= 11 is 0. The zero-order valence-corrected chi connectivity index (χ0v) is 11.0. The Morgan fingerprint density at radius 1 is 1.50 bits per heavy atom. The standard InChI is InChI=1S/C12H21N5O/c1-10(17-7-5-16(2)6-8-17)12(18)13-9-11-3-4-14-15-11/h3-4,10H,5-9H2,1-2H3,(H,13,18)(H,14,15)/t10-/m0/s1. The summed E-state index contributed by atoms with van der Waals surface area (Å²) in [7, 11) is 2.11. The van der Waals surface area contributed by atoms with Crippen LogP contribution in [0.2, 0.25) is 0 Å². The number of aromatic nitrogens is 2. The number of likely N-dealkylation sites (N-methyl/N-ethyl adjacent to an activating group) is 1. The van der Waals surface area contributed by atoms with Gasteiger partial charge in [-0.1, -0.05) is 0 Å². The molecule has 18 heavy (non-hydrogen) atoms. The van der Waals surface area contributed by atoms with Crippen LogP contribution in [0.25, 0.3) is 0 Å². The van der Waals surface area contributed by atoms with Crippen molar-refractivity contribution in [3.63, 3.8) is 0 Å². The molecule has 1 amide bonds. The Kier molecular flexibility index (Phi) is 4.33. The van der Waals surface area contributed by atoms with Crippen LogP contribution < -0.4 is 5.32 Å². The quantitative estimate of drug-likeness (QED) is 0.768. The summed E-state index contributed by atoms with van der Waals surface area (Å²) in [4.78, 5) is 16.5. The van der Waals surface area contributed by atoms with Gasteiger partial charge in [-0.15, -0.1) is 0 Å². The summed E-state index contributed by atoms with van der Waals surface area (Å²) in [5, 5.41) is 9.61. The van der Waals surface area contributed by atoms with E-state index in [9.17, 15) is 4.79 Å². The highest BCUT2D eigenvalue weighted by atomic mass is 16.2. The maximum absolute atomic E-state index is 12.0. The lowest BCUT2D eigenvalue weighted by Gasteiger charge is -2.35. The second kappa shape index (κ2) is 5.97. The lowest BCUT2D eigenvalue weighted by atomic mass is 10.2. The Labute approximate surface area is 107 Å². The molecule has 2 rings (SSSR count). The van der Waals surface area contributed by atoms with Crippen molar-refractivity contribution in [1.29, 1.82) is 0 Å². The minimum absolute atomic E-state index is 0.0679. The summed E-state index contributed by atoms with van der Waals surface area (Å²) in [6.07, 6.45) is 1.69. The van der Waals surface area contributed by atoms with Crippen LogP contribution in [0.3, 0.4) is 0 Å². The predicted octanol–water partition coefficient (Wildman–Crippen LogP) is -0.338. The number of piperazine rings is 1. The van der Waals surface area contributed by atoms with Gasteiger partial charge in [0.15, 0.2) is 0 Å². The first kappa shape index (κ1) is 13.0. The third kappa shape index (κ3) is 3.30. The van der Waals surface area contributed by atoms with Crippen molar-refractivity contribution in [3.8, 4) is 0 Å². The number of H-pyrrole nitrogens is 1. The maximum atomic E-state index is 12.0. The molecule has 0 aliphatic carbocycles. The summed E-state index contributed by atoms with van der Waals surface area (Å²) < 4.78 is 0. The molecule has 2 heterocycles. The Morgan fingerprint density at radius 2 is 2.22 bits per heavy atom. The van der Waals surface area contributed by atoms with E-state index in [4.69, 9.17) is 0 Å². The molecule has 0 spiro atoms. The summed E-state index contributed by atoms with van der Waals surface area (Å²) in [6.45, 7) is 6.44. The van der Waals surface area contributed by atoms with Crippen LogP contribution in [-0.4, -0.2) is 65.2 Å². The second-order valence-corrected chi connectivity index (χ2v) is 4.81. The lowest BCUT2D eigenvalue weighted by molar-refractivity contribution is -0.126. The van der Waals surface area contributed by atoms with E-state index in [0.717, 1.165) is 31.9 Å². The molecule has 2 N–H and O–H groups in total. The number of hydrogen-bond acceptors (Lipinski definition) is 4. The van der Waals surface area contributed by atoms with Crippen molar-refractivity contribution in [3.05, 3.63) is 18.0 Å². The van der Waals surface area contributed by atoms with Crippen LogP contribution in [0.5, 0.6) is 0 Å². The Bertz CT molecular complexity index is 370. The van der Waals surface area contributed by atoms with Gasteiger partial charge < -0.3 is 10.2 Å². The summed E-state index contributed by atoms with van der Waals surface area (Å²) in [6, 6.07) is 1.79. The SMILES string of the molecule is C[C@@H](C(=O)NCc1ccn[nH]1)N1CCN(C)CC1. The van der Waals surface area contributed by atoms with Crippen molar-refractivity contribution >= 4 is 5.91 Å². The van der Waals surface area contributed by atoms with Crippen LogP contribution in [-0.2, 0) is 11.3 Å². The normalized spacial score (nSPS) is 19.7. The van der Waals surface area contributed by atoms with Gasteiger partial charge in [-0.3, -0.25) is 14.8 Å². The summed E-state index contributed by atoms with van der Waals surface area (Å²) in [5.74, 6) is 0.0779. The van der Waals surface area contributed by atoms with Gasteiger partial charge in [-0.05, 0) is 20.0 Å². The van der Waals surface area contributed by atoms with Gasteiger partial charge >= 0.3 is 0 Å². The first-order valence-corrected chi connectivity index (χ1v) is 6.35. The number of hydrogen-bond donors (Lipinski definition) is 2. The molecule has 0 bridgehead atoms. The van der Waals surface area contributed by atoms with Gasteiger partial charge in [0.2, 0.25) is 5.91 Å². The van der Waals surface area contributed by atoms with E-state index in [1.807, 2.05) is 13.0 Å². The third-order valence-electron chi connectivity index (χ3n) is 3.48. The molecule has 1 aliphatic rings. The van der Waals surface area contributed by atoms with Crippen LogP contribution in [0.1, 0.15) is 12.6 Å². The molecule has 6 nitrogen and oxygen atoms in total. The van der Waals surface area contributed by atoms with E-state index in [1.165, 1.54) is 0 Å². The average Bonchev–Trinajstić information content (AvgIpc) is 2.89.